The molecule has 3 amide bonds. The molecular weight excluding hydrogens is 359 g/mol. The Bertz CT molecular complexity index is 883. The van der Waals surface area contributed by atoms with Gasteiger partial charge < -0.3 is 10.0 Å². The molecule has 0 atom stereocenters. The van der Waals surface area contributed by atoms with Crippen LogP contribution >= 0.6 is 22.9 Å². The predicted molar refractivity (Wildman–Crippen MR) is 83.0 cm³/mol. The zero-order valence-corrected chi connectivity index (χ0v) is 13.6. The maximum atomic E-state index is 13.3. The van der Waals surface area contributed by atoms with Crippen molar-refractivity contribution in [3.63, 3.8) is 0 Å². The first-order chi connectivity index (χ1) is 11.4. The van der Waals surface area contributed by atoms with Crippen molar-refractivity contribution >= 4 is 34.9 Å². The fourth-order valence-corrected chi connectivity index (χ4v) is 3.86. The highest BCUT2D eigenvalue weighted by Crippen LogP contribution is 2.46. The minimum absolute atomic E-state index is 0.148. The molecular formula is C14H10ClFN4O3S. The molecule has 0 unspecified atom stereocenters. The Morgan fingerprint density at radius 2 is 2.12 bits per heavy atom. The van der Waals surface area contributed by atoms with Crippen LogP contribution in [0.3, 0.4) is 0 Å². The summed E-state index contributed by atoms with van der Waals surface area (Å²) in [6.45, 7) is 0.153. The second-order valence-electron chi connectivity index (χ2n) is 5.64. The minimum Gasteiger partial charge on any atom is -0.504 e. The van der Waals surface area contributed by atoms with Gasteiger partial charge in [-0.25, -0.2) is 9.18 Å². The molecule has 2 aliphatic rings. The zero-order valence-electron chi connectivity index (χ0n) is 12.0. The van der Waals surface area contributed by atoms with Crippen LogP contribution in [-0.2, 0) is 11.3 Å². The van der Waals surface area contributed by atoms with Crippen LogP contribution < -0.4 is 5.32 Å². The van der Waals surface area contributed by atoms with Gasteiger partial charge in [0.2, 0.25) is 0 Å². The molecule has 1 saturated carbocycles. The number of hydrogen-bond acceptors (Lipinski definition) is 6. The van der Waals surface area contributed by atoms with Crippen LogP contribution in [0.2, 0.25) is 5.02 Å². The number of hydrogen-bond donors (Lipinski definition) is 2. The van der Waals surface area contributed by atoms with Crippen LogP contribution in [0.5, 0.6) is 5.75 Å². The summed E-state index contributed by atoms with van der Waals surface area (Å²) < 4.78 is 13.3. The number of nitrogens with one attached hydrogen (secondary N) is 1. The molecule has 2 aromatic rings. The number of benzene rings is 1. The normalized spacial score (nSPS) is 18.3. The summed E-state index contributed by atoms with van der Waals surface area (Å²) in [4.78, 5) is 25.2. The van der Waals surface area contributed by atoms with Crippen molar-refractivity contribution in [1.82, 2.24) is 20.4 Å². The van der Waals surface area contributed by atoms with Gasteiger partial charge in [-0.15, -0.1) is 10.2 Å². The molecule has 1 saturated heterocycles. The van der Waals surface area contributed by atoms with E-state index in [9.17, 15) is 19.1 Å². The summed E-state index contributed by atoms with van der Waals surface area (Å²) in [6, 6.07) is 2.05. The van der Waals surface area contributed by atoms with E-state index >= 15 is 0 Å². The second-order valence-corrected chi connectivity index (χ2v) is 7.08. The molecule has 1 spiro atoms. The van der Waals surface area contributed by atoms with Crippen LogP contribution in [0.1, 0.15) is 17.8 Å². The van der Waals surface area contributed by atoms with E-state index in [1.807, 2.05) is 0 Å². The van der Waals surface area contributed by atoms with Gasteiger partial charge in [0.05, 0.1) is 11.6 Å². The molecule has 24 heavy (non-hydrogen) atoms. The number of halogens is 2. The summed E-state index contributed by atoms with van der Waals surface area (Å²) in [5, 5.41) is 20.6. The Morgan fingerprint density at radius 1 is 1.38 bits per heavy atom. The van der Waals surface area contributed by atoms with Gasteiger partial charge in [0, 0.05) is 5.56 Å². The Morgan fingerprint density at radius 3 is 2.83 bits per heavy atom. The Kier molecular flexibility index (Phi) is 3.26. The van der Waals surface area contributed by atoms with Crippen molar-refractivity contribution in [1.29, 1.82) is 0 Å². The van der Waals surface area contributed by atoms with E-state index in [1.54, 1.807) is 0 Å². The highest BCUT2D eigenvalue weighted by atomic mass is 35.5. The van der Waals surface area contributed by atoms with Crippen LogP contribution in [0.4, 0.5) is 9.18 Å². The van der Waals surface area contributed by atoms with E-state index in [1.165, 1.54) is 11.0 Å². The molecule has 10 heteroatoms. The summed E-state index contributed by atoms with van der Waals surface area (Å²) in [6.07, 6.45) is 1.27. The van der Waals surface area contributed by atoms with Gasteiger partial charge in [-0.05, 0) is 25.0 Å². The second kappa shape index (κ2) is 5.12. The molecule has 1 aromatic heterocycles. The number of urea groups is 1. The SMILES string of the molecule is O=C1NC(=O)C2(CC2)N1Cc1nnc(-c2ccc(F)c(O)c2Cl)s1. The first-order valence-electron chi connectivity index (χ1n) is 7.05. The van der Waals surface area contributed by atoms with Gasteiger partial charge in [-0.2, -0.15) is 0 Å². The number of aromatic nitrogens is 2. The lowest BCUT2D eigenvalue weighted by Gasteiger charge is -2.18. The van der Waals surface area contributed by atoms with Crippen LogP contribution in [0.25, 0.3) is 10.6 Å². The van der Waals surface area contributed by atoms with Gasteiger partial charge in [0.15, 0.2) is 11.6 Å². The smallest absolute Gasteiger partial charge is 0.325 e. The first-order valence-corrected chi connectivity index (χ1v) is 8.24. The lowest BCUT2D eigenvalue weighted by Crippen LogP contribution is -2.36. The molecule has 2 fully saturated rings. The molecule has 2 N–H and O–H groups in total. The predicted octanol–water partition coefficient (Wildman–Crippen LogP) is 2.29. The fraction of sp³-hybridized carbons (Fsp3) is 0.286. The van der Waals surface area contributed by atoms with Crippen LogP contribution in [0.15, 0.2) is 12.1 Å². The number of rotatable bonds is 3. The highest BCUT2D eigenvalue weighted by molar-refractivity contribution is 7.14. The lowest BCUT2D eigenvalue weighted by atomic mass is 10.2. The van der Waals surface area contributed by atoms with Gasteiger partial charge >= 0.3 is 6.03 Å². The van der Waals surface area contributed by atoms with E-state index in [0.29, 0.717) is 28.4 Å². The van der Waals surface area contributed by atoms with E-state index in [0.717, 1.165) is 17.4 Å². The van der Waals surface area contributed by atoms with E-state index < -0.39 is 23.1 Å². The number of carbonyl (C=O) groups excluding carboxylic acids is 2. The maximum Gasteiger partial charge on any atom is 0.325 e. The number of amides is 3. The van der Waals surface area contributed by atoms with E-state index in [4.69, 9.17) is 11.6 Å². The van der Waals surface area contributed by atoms with Gasteiger partial charge in [0.1, 0.15) is 15.6 Å². The molecule has 1 aliphatic heterocycles. The third kappa shape index (κ3) is 2.15. The summed E-state index contributed by atoms with van der Waals surface area (Å²) in [7, 11) is 0. The first kappa shape index (κ1) is 15.3. The third-order valence-electron chi connectivity index (χ3n) is 4.19. The standard InChI is InChI=1S/C14H10ClFN4O3S/c15-9-6(1-2-7(16)10(9)21)11-19-18-8(24-11)5-20-13(23)17-12(22)14(20)3-4-14/h1-2,21H,3-5H2,(H,17,22,23). The molecule has 124 valence electrons. The average molecular weight is 369 g/mol. The van der Waals surface area contributed by atoms with Crippen molar-refractivity contribution in [2.24, 2.45) is 0 Å². The number of nitrogens with zero attached hydrogens (tertiary/aromatic N) is 3. The third-order valence-corrected chi connectivity index (χ3v) is 5.51. The van der Waals surface area contributed by atoms with Gasteiger partial charge in [0.25, 0.3) is 5.91 Å². The van der Waals surface area contributed by atoms with Gasteiger partial charge in [-0.3, -0.25) is 10.1 Å². The van der Waals surface area contributed by atoms with Crippen molar-refractivity contribution < 1.29 is 19.1 Å². The number of phenolic OH excluding ortho intramolecular Hbond substituents is 1. The molecule has 0 bridgehead atoms. The lowest BCUT2D eigenvalue weighted by molar-refractivity contribution is -0.122. The Balaban J connectivity index is 1.61. The van der Waals surface area contributed by atoms with Crippen molar-refractivity contribution in [2.75, 3.05) is 0 Å². The number of imide groups is 1. The van der Waals surface area contributed by atoms with Crippen LogP contribution in [0, 0.1) is 5.82 Å². The molecule has 1 aliphatic carbocycles. The molecule has 2 heterocycles. The molecule has 7 nitrogen and oxygen atoms in total. The topological polar surface area (TPSA) is 95.4 Å². The van der Waals surface area contributed by atoms with Crippen molar-refractivity contribution in [2.45, 2.75) is 24.9 Å². The molecule has 0 radical (unpaired) electrons. The minimum atomic E-state index is -0.823. The molecule has 4 rings (SSSR count). The van der Waals surface area contributed by atoms with Gasteiger partial charge in [-0.1, -0.05) is 22.9 Å². The average Bonchev–Trinajstić information content (AvgIpc) is 3.17. The van der Waals surface area contributed by atoms with Crippen molar-refractivity contribution in [3.8, 4) is 16.3 Å². The largest absolute Gasteiger partial charge is 0.504 e. The maximum absolute atomic E-state index is 13.3. The molecule has 1 aromatic carbocycles. The number of carbonyl (C=O) groups is 2. The Hall–Kier alpha value is -2.26. The van der Waals surface area contributed by atoms with Crippen LogP contribution in [-0.4, -0.2) is 37.7 Å². The highest BCUT2D eigenvalue weighted by Gasteiger charge is 2.61. The quantitative estimate of drug-likeness (QED) is 0.810. The number of phenols is 1. The summed E-state index contributed by atoms with van der Waals surface area (Å²) in [5.41, 5.74) is -0.392. The van der Waals surface area contributed by atoms with Crippen molar-refractivity contribution in [3.05, 3.63) is 28.0 Å². The van der Waals surface area contributed by atoms with E-state index in [2.05, 4.69) is 15.5 Å². The monoisotopic (exact) mass is 368 g/mol. The number of aromatic hydroxyl groups is 1. The summed E-state index contributed by atoms with van der Waals surface area (Å²) in [5.74, 6) is -1.74. The van der Waals surface area contributed by atoms with E-state index in [-0.39, 0.29) is 17.5 Å². The Labute approximate surface area is 144 Å². The fourth-order valence-electron chi connectivity index (χ4n) is 2.70. The summed E-state index contributed by atoms with van der Waals surface area (Å²) >= 11 is 7.10. The zero-order chi connectivity index (χ0) is 17.1.